The van der Waals surface area contributed by atoms with Crippen molar-refractivity contribution >= 4 is 33.2 Å². The molecule has 3 nitrogen and oxygen atoms in total. The SMILES string of the molecule is Cc1cc(S(=O)(=O)NCCc2ccc(Cl)cc2Cl)ccc1F. The number of nitrogens with one attached hydrogen (secondary N) is 1. The van der Waals surface area contributed by atoms with E-state index in [0.717, 1.165) is 11.6 Å². The van der Waals surface area contributed by atoms with E-state index in [1.807, 2.05) is 0 Å². The number of aryl methyl sites for hydroxylation is 1. The zero-order valence-corrected chi connectivity index (χ0v) is 14.1. The molecule has 0 aliphatic carbocycles. The van der Waals surface area contributed by atoms with E-state index in [4.69, 9.17) is 23.2 Å². The molecule has 1 N–H and O–H groups in total. The standard InChI is InChI=1S/C15H14Cl2FNO2S/c1-10-8-13(4-5-15(10)18)22(20,21)19-7-6-11-2-3-12(16)9-14(11)17/h2-5,8-9,19H,6-7H2,1H3. The Morgan fingerprint density at radius 1 is 1.14 bits per heavy atom. The van der Waals surface area contributed by atoms with Gasteiger partial charge >= 0.3 is 0 Å². The van der Waals surface area contributed by atoms with E-state index < -0.39 is 15.8 Å². The number of hydrogen-bond acceptors (Lipinski definition) is 2. The minimum Gasteiger partial charge on any atom is -0.211 e. The van der Waals surface area contributed by atoms with Crippen LogP contribution in [0, 0.1) is 12.7 Å². The van der Waals surface area contributed by atoms with E-state index in [0.29, 0.717) is 16.5 Å². The van der Waals surface area contributed by atoms with Crippen LogP contribution in [0.5, 0.6) is 0 Å². The normalized spacial score (nSPS) is 11.6. The Hall–Kier alpha value is -1.14. The molecule has 0 aliphatic heterocycles. The van der Waals surface area contributed by atoms with Gasteiger partial charge in [0.05, 0.1) is 4.90 Å². The van der Waals surface area contributed by atoms with Crippen molar-refractivity contribution < 1.29 is 12.8 Å². The molecule has 0 saturated heterocycles. The van der Waals surface area contributed by atoms with Crippen LogP contribution in [0.4, 0.5) is 4.39 Å². The minimum atomic E-state index is -3.68. The Labute approximate surface area is 139 Å². The van der Waals surface area contributed by atoms with E-state index >= 15 is 0 Å². The zero-order chi connectivity index (χ0) is 16.3. The fourth-order valence-electron chi connectivity index (χ4n) is 1.91. The van der Waals surface area contributed by atoms with Gasteiger partial charge in [0.2, 0.25) is 10.0 Å². The predicted octanol–water partition coefficient (Wildman–Crippen LogP) is 3.96. The first-order valence-corrected chi connectivity index (χ1v) is 8.73. The number of hydrogen-bond donors (Lipinski definition) is 1. The van der Waals surface area contributed by atoms with Crippen LogP contribution in [-0.4, -0.2) is 15.0 Å². The van der Waals surface area contributed by atoms with Crippen molar-refractivity contribution in [3.63, 3.8) is 0 Å². The van der Waals surface area contributed by atoms with Gasteiger partial charge in [-0.2, -0.15) is 0 Å². The van der Waals surface area contributed by atoms with Gasteiger partial charge < -0.3 is 0 Å². The fraction of sp³-hybridized carbons (Fsp3) is 0.200. The van der Waals surface area contributed by atoms with E-state index in [1.54, 1.807) is 18.2 Å². The van der Waals surface area contributed by atoms with Crippen molar-refractivity contribution in [2.24, 2.45) is 0 Å². The smallest absolute Gasteiger partial charge is 0.211 e. The monoisotopic (exact) mass is 361 g/mol. The Morgan fingerprint density at radius 2 is 1.86 bits per heavy atom. The van der Waals surface area contributed by atoms with Crippen molar-refractivity contribution in [3.8, 4) is 0 Å². The lowest BCUT2D eigenvalue weighted by Gasteiger charge is -2.09. The highest BCUT2D eigenvalue weighted by Crippen LogP contribution is 2.21. The molecule has 0 aromatic heterocycles. The summed E-state index contributed by atoms with van der Waals surface area (Å²) >= 11 is 11.8. The Balaban J connectivity index is 2.05. The second-order valence-electron chi connectivity index (χ2n) is 4.79. The maximum absolute atomic E-state index is 13.2. The molecule has 0 unspecified atom stereocenters. The molecule has 0 atom stereocenters. The van der Waals surface area contributed by atoms with Crippen LogP contribution >= 0.6 is 23.2 Å². The number of benzene rings is 2. The van der Waals surface area contributed by atoms with Gasteiger partial charge in [0.15, 0.2) is 0 Å². The van der Waals surface area contributed by atoms with Gasteiger partial charge in [0.1, 0.15) is 5.82 Å². The molecule has 7 heteroatoms. The van der Waals surface area contributed by atoms with E-state index in [-0.39, 0.29) is 17.0 Å². The lowest BCUT2D eigenvalue weighted by Crippen LogP contribution is -2.26. The number of rotatable bonds is 5. The maximum Gasteiger partial charge on any atom is 0.240 e. The van der Waals surface area contributed by atoms with Crippen LogP contribution in [0.3, 0.4) is 0 Å². The first-order chi connectivity index (χ1) is 10.3. The molecule has 0 spiro atoms. The second kappa shape index (κ2) is 6.96. The molecular weight excluding hydrogens is 348 g/mol. The Bertz CT molecular complexity index is 794. The highest BCUT2D eigenvalue weighted by Gasteiger charge is 2.15. The lowest BCUT2D eigenvalue weighted by molar-refractivity contribution is 0.580. The number of sulfonamides is 1. The Morgan fingerprint density at radius 3 is 2.50 bits per heavy atom. The van der Waals surface area contributed by atoms with Gasteiger partial charge in [0, 0.05) is 16.6 Å². The van der Waals surface area contributed by atoms with Crippen molar-refractivity contribution in [1.82, 2.24) is 4.72 Å². The highest BCUT2D eigenvalue weighted by molar-refractivity contribution is 7.89. The fourth-order valence-corrected chi connectivity index (χ4v) is 3.53. The molecule has 118 valence electrons. The average Bonchev–Trinajstić information content (AvgIpc) is 2.44. The molecule has 2 aromatic carbocycles. The average molecular weight is 362 g/mol. The topological polar surface area (TPSA) is 46.2 Å². The summed E-state index contributed by atoms with van der Waals surface area (Å²) in [4.78, 5) is 0.0357. The molecule has 0 fully saturated rings. The zero-order valence-electron chi connectivity index (χ0n) is 11.7. The third-order valence-corrected chi connectivity index (χ3v) is 5.19. The quantitative estimate of drug-likeness (QED) is 0.875. The molecule has 2 rings (SSSR count). The predicted molar refractivity (Wildman–Crippen MR) is 86.5 cm³/mol. The summed E-state index contributed by atoms with van der Waals surface area (Å²) in [7, 11) is -3.68. The minimum absolute atomic E-state index is 0.0357. The van der Waals surface area contributed by atoms with Crippen LogP contribution in [0.1, 0.15) is 11.1 Å². The second-order valence-corrected chi connectivity index (χ2v) is 7.41. The van der Waals surface area contributed by atoms with Crippen molar-refractivity contribution in [1.29, 1.82) is 0 Å². The molecule has 0 radical (unpaired) electrons. The molecule has 0 heterocycles. The molecule has 0 saturated carbocycles. The lowest BCUT2D eigenvalue weighted by atomic mass is 10.1. The molecule has 0 aliphatic rings. The summed E-state index contributed by atoms with van der Waals surface area (Å²) in [5, 5.41) is 1.01. The summed E-state index contributed by atoms with van der Waals surface area (Å²) < 4.78 is 39.9. The van der Waals surface area contributed by atoms with Gasteiger partial charge in [-0.05, 0) is 54.8 Å². The first-order valence-electron chi connectivity index (χ1n) is 6.49. The summed E-state index contributed by atoms with van der Waals surface area (Å²) in [5.74, 6) is -0.438. The van der Waals surface area contributed by atoms with Crippen LogP contribution < -0.4 is 4.72 Å². The van der Waals surface area contributed by atoms with Gasteiger partial charge in [-0.25, -0.2) is 17.5 Å². The molecule has 22 heavy (non-hydrogen) atoms. The van der Waals surface area contributed by atoms with Crippen LogP contribution in [0.15, 0.2) is 41.3 Å². The van der Waals surface area contributed by atoms with Gasteiger partial charge in [-0.15, -0.1) is 0 Å². The van der Waals surface area contributed by atoms with Crippen LogP contribution in [0.25, 0.3) is 0 Å². The van der Waals surface area contributed by atoms with Gasteiger partial charge in [-0.1, -0.05) is 29.3 Å². The summed E-state index contributed by atoms with van der Waals surface area (Å²) in [5.41, 5.74) is 1.08. The number of halogens is 3. The molecule has 0 amide bonds. The van der Waals surface area contributed by atoms with Crippen LogP contribution in [0.2, 0.25) is 10.0 Å². The van der Waals surface area contributed by atoms with Crippen molar-refractivity contribution in [2.45, 2.75) is 18.2 Å². The molecular formula is C15H14Cl2FNO2S. The summed E-state index contributed by atoms with van der Waals surface area (Å²) in [6.45, 7) is 1.70. The Kier molecular flexibility index (Phi) is 5.45. The van der Waals surface area contributed by atoms with Crippen LogP contribution in [-0.2, 0) is 16.4 Å². The van der Waals surface area contributed by atoms with Crippen molar-refractivity contribution in [3.05, 3.63) is 63.4 Å². The van der Waals surface area contributed by atoms with Crippen molar-refractivity contribution in [2.75, 3.05) is 6.54 Å². The summed E-state index contributed by atoms with van der Waals surface area (Å²) in [6.07, 6.45) is 0.426. The first kappa shape index (κ1) is 17.2. The van der Waals surface area contributed by atoms with Gasteiger partial charge in [0.25, 0.3) is 0 Å². The third-order valence-electron chi connectivity index (χ3n) is 3.14. The van der Waals surface area contributed by atoms with E-state index in [2.05, 4.69) is 4.72 Å². The maximum atomic E-state index is 13.2. The van der Waals surface area contributed by atoms with E-state index in [9.17, 15) is 12.8 Å². The van der Waals surface area contributed by atoms with Gasteiger partial charge in [-0.3, -0.25) is 0 Å². The molecule has 0 bridgehead atoms. The molecule has 2 aromatic rings. The largest absolute Gasteiger partial charge is 0.240 e. The summed E-state index contributed by atoms with van der Waals surface area (Å²) in [6, 6.07) is 8.73. The van der Waals surface area contributed by atoms with E-state index in [1.165, 1.54) is 19.1 Å². The third kappa shape index (κ3) is 4.20. The highest BCUT2D eigenvalue weighted by atomic mass is 35.5.